The van der Waals surface area contributed by atoms with Crippen LogP contribution in [0.15, 0.2) is 40.9 Å². The quantitative estimate of drug-likeness (QED) is 0.684. The third-order valence-corrected chi connectivity index (χ3v) is 5.49. The molecule has 0 radical (unpaired) electrons. The van der Waals surface area contributed by atoms with E-state index in [1.54, 1.807) is 19.0 Å². The minimum atomic E-state index is -0.0726. The number of aryl methyl sites for hydroxylation is 1. The molecule has 2 amide bonds. The normalized spacial score (nSPS) is 14.9. The van der Waals surface area contributed by atoms with Crippen LogP contribution in [0.4, 0.5) is 0 Å². The SMILES string of the molecule is Cc1noc2nc(-c3ccccc3)cc(C(=O)N3CCC(C(=O)N(C)C)CC3)c12. The summed E-state index contributed by atoms with van der Waals surface area (Å²) < 4.78 is 5.38. The lowest BCUT2D eigenvalue weighted by Gasteiger charge is -2.32. The molecule has 7 nitrogen and oxygen atoms in total. The van der Waals surface area contributed by atoms with Gasteiger partial charge in [0.05, 0.1) is 22.3 Å². The zero-order valence-corrected chi connectivity index (χ0v) is 16.9. The second kappa shape index (κ2) is 7.66. The highest BCUT2D eigenvalue weighted by atomic mass is 16.5. The Labute approximate surface area is 169 Å². The average molecular weight is 392 g/mol. The molecule has 1 saturated heterocycles. The first kappa shape index (κ1) is 19.1. The molecule has 7 heteroatoms. The summed E-state index contributed by atoms with van der Waals surface area (Å²) in [5.41, 5.74) is 3.14. The average Bonchev–Trinajstić information content (AvgIpc) is 3.13. The van der Waals surface area contributed by atoms with Crippen LogP contribution in [0.5, 0.6) is 0 Å². The maximum Gasteiger partial charge on any atom is 0.259 e. The lowest BCUT2D eigenvalue weighted by Crippen LogP contribution is -2.42. The number of hydrogen-bond acceptors (Lipinski definition) is 5. The third-order valence-electron chi connectivity index (χ3n) is 5.49. The Hall–Kier alpha value is -3.22. The summed E-state index contributed by atoms with van der Waals surface area (Å²) in [4.78, 5) is 33.6. The number of carbonyl (C=O) groups is 2. The van der Waals surface area contributed by atoms with E-state index in [1.165, 1.54) is 0 Å². The molecule has 4 rings (SSSR count). The van der Waals surface area contributed by atoms with Crippen molar-refractivity contribution in [3.8, 4) is 11.3 Å². The van der Waals surface area contributed by atoms with Crippen LogP contribution in [0.25, 0.3) is 22.4 Å². The largest absolute Gasteiger partial charge is 0.349 e. The second-order valence-corrected chi connectivity index (χ2v) is 7.67. The lowest BCUT2D eigenvalue weighted by molar-refractivity contribution is -0.134. The van der Waals surface area contributed by atoms with Crippen LogP contribution >= 0.6 is 0 Å². The number of aromatic nitrogens is 2. The molecule has 150 valence electrons. The molecular formula is C22H24N4O3. The van der Waals surface area contributed by atoms with E-state index in [4.69, 9.17) is 4.52 Å². The molecular weight excluding hydrogens is 368 g/mol. The van der Waals surface area contributed by atoms with Crippen molar-refractivity contribution >= 4 is 22.9 Å². The van der Waals surface area contributed by atoms with Gasteiger partial charge in [-0.2, -0.15) is 0 Å². The van der Waals surface area contributed by atoms with Gasteiger partial charge in [-0.15, -0.1) is 0 Å². The Kier molecular flexibility index (Phi) is 5.05. The molecule has 1 fully saturated rings. The number of carbonyl (C=O) groups excluding carboxylic acids is 2. The molecule has 1 aliphatic heterocycles. The van der Waals surface area contributed by atoms with Crippen LogP contribution in [-0.4, -0.2) is 58.9 Å². The van der Waals surface area contributed by atoms with Crippen LogP contribution < -0.4 is 0 Å². The Bertz CT molecular complexity index is 1050. The predicted molar refractivity (Wildman–Crippen MR) is 109 cm³/mol. The fraction of sp³-hybridized carbons (Fsp3) is 0.364. The van der Waals surface area contributed by atoms with E-state index in [0.29, 0.717) is 54.0 Å². The highest BCUT2D eigenvalue weighted by Gasteiger charge is 2.30. The zero-order valence-electron chi connectivity index (χ0n) is 16.9. The van der Waals surface area contributed by atoms with E-state index in [1.807, 2.05) is 48.2 Å². The number of likely N-dealkylation sites (tertiary alicyclic amines) is 1. The summed E-state index contributed by atoms with van der Waals surface area (Å²) in [5.74, 6) is 0.0324. The molecule has 0 N–H and O–H groups in total. The maximum absolute atomic E-state index is 13.4. The first-order valence-electron chi connectivity index (χ1n) is 9.78. The fourth-order valence-corrected chi connectivity index (χ4v) is 3.89. The van der Waals surface area contributed by atoms with Gasteiger partial charge in [0.1, 0.15) is 0 Å². The summed E-state index contributed by atoms with van der Waals surface area (Å²) >= 11 is 0. The van der Waals surface area contributed by atoms with E-state index in [2.05, 4.69) is 10.1 Å². The molecule has 0 bridgehead atoms. The molecule has 1 aromatic carbocycles. The molecule has 0 atom stereocenters. The van der Waals surface area contributed by atoms with Gasteiger partial charge in [-0.1, -0.05) is 35.5 Å². The van der Waals surface area contributed by atoms with E-state index in [-0.39, 0.29) is 17.7 Å². The van der Waals surface area contributed by atoms with Crippen LogP contribution in [0.2, 0.25) is 0 Å². The molecule has 0 spiro atoms. The highest BCUT2D eigenvalue weighted by Crippen LogP contribution is 2.29. The number of pyridine rings is 1. The first-order valence-corrected chi connectivity index (χ1v) is 9.78. The van der Waals surface area contributed by atoms with Crippen molar-refractivity contribution in [2.45, 2.75) is 19.8 Å². The summed E-state index contributed by atoms with van der Waals surface area (Å²) in [6.07, 6.45) is 1.34. The second-order valence-electron chi connectivity index (χ2n) is 7.67. The van der Waals surface area contributed by atoms with Gasteiger partial charge in [0.25, 0.3) is 11.6 Å². The van der Waals surface area contributed by atoms with Crippen molar-refractivity contribution in [1.82, 2.24) is 19.9 Å². The molecule has 1 aliphatic rings. The number of hydrogen-bond donors (Lipinski definition) is 0. The number of rotatable bonds is 3. The van der Waals surface area contributed by atoms with Crippen LogP contribution in [0.3, 0.4) is 0 Å². The smallest absolute Gasteiger partial charge is 0.259 e. The van der Waals surface area contributed by atoms with Gasteiger partial charge in [0.2, 0.25) is 5.91 Å². The van der Waals surface area contributed by atoms with Crippen molar-refractivity contribution in [3.63, 3.8) is 0 Å². The highest BCUT2D eigenvalue weighted by molar-refractivity contribution is 6.07. The minimum absolute atomic E-state index is 0.0243. The Balaban J connectivity index is 1.66. The number of fused-ring (bicyclic) bond motifs is 1. The Morgan fingerprint density at radius 2 is 1.83 bits per heavy atom. The minimum Gasteiger partial charge on any atom is -0.349 e. The zero-order chi connectivity index (χ0) is 20.5. The monoisotopic (exact) mass is 392 g/mol. The summed E-state index contributed by atoms with van der Waals surface area (Å²) in [6.45, 7) is 2.92. The van der Waals surface area contributed by atoms with Crippen molar-refractivity contribution < 1.29 is 14.1 Å². The first-order chi connectivity index (χ1) is 14.0. The van der Waals surface area contributed by atoms with Gasteiger partial charge in [-0.3, -0.25) is 9.59 Å². The Morgan fingerprint density at radius 1 is 1.14 bits per heavy atom. The molecule has 2 aromatic heterocycles. The summed E-state index contributed by atoms with van der Waals surface area (Å²) in [5, 5.41) is 4.67. The molecule has 0 unspecified atom stereocenters. The van der Waals surface area contributed by atoms with Crippen LogP contribution in [0, 0.1) is 12.8 Å². The van der Waals surface area contributed by atoms with Crippen LogP contribution in [0.1, 0.15) is 28.9 Å². The van der Waals surface area contributed by atoms with Gasteiger partial charge >= 0.3 is 0 Å². The number of amides is 2. The van der Waals surface area contributed by atoms with Gasteiger partial charge in [0, 0.05) is 38.7 Å². The van der Waals surface area contributed by atoms with E-state index in [9.17, 15) is 9.59 Å². The summed E-state index contributed by atoms with van der Waals surface area (Å²) in [6, 6.07) is 11.5. The van der Waals surface area contributed by atoms with E-state index < -0.39 is 0 Å². The van der Waals surface area contributed by atoms with Gasteiger partial charge in [-0.05, 0) is 25.8 Å². The van der Waals surface area contributed by atoms with Gasteiger partial charge in [0.15, 0.2) is 0 Å². The number of piperidine rings is 1. The van der Waals surface area contributed by atoms with Gasteiger partial charge in [-0.25, -0.2) is 4.98 Å². The molecule has 0 aliphatic carbocycles. The summed E-state index contributed by atoms with van der Waals surface area (Å²) in [7, 11) is 3.54. The fourth-order valence-electron chi connectivity index (χ4n) is 3.89. The van der Waals surface area contributed by atoms with Crippen molar-refractivity contribution in [3.05, 3.63) is 47.7 Å². The van der Waals surface area contributed by atoms with Crippen LogP contribution in [-0.2, 0) is 4.79 Å². The standard InChI is InChI=1S/C22H24N4O3/c1-14-19-17(22(28)26-11-9-16(10-12-26)21(27)25(2)3)13-18(23-20(19)29-24-14)15-7-5-4-6-8-15/h4-8,13,16H,9-12H2,1-3H3. The molecule has 3 heterocycles. The molecule has 0 saturated carbocycles. The predicted octanol–water partition coefficient (Wildman–Crippen LogP) is 3.14. The molecule has 29 heavy (non-hydrogen) atoms. The van der Waals surface area contributed by atoms with Gasteiger partial charge < -0.3 is 14.3 Å². The van der Waals surface area contributed by atoms with E-state index in [0.717, 1.165) is 5.56 Å². The topological polar surface area (TPSA) is 79.5 Å². The third kappa shape index (κ3) is 3.60. The Morgan fingerprint density at radius 3 is 2.48 bits per heavy atom. The number of benzene rings is 1. The van der Waals surface area contributed by atoms with Crippen molar-refractivity contribution in [1.29, 1.82) is 0 Å². The van der Waals surface area contributed by atoms with E-state index >= 15 is 0 Å². The number of nitrogens with zero attached hydrogens (tertiary/aromatic N) is 4. The molecule has 3 aromatic rings. The lowest BCUT2D eigenvalue weighted by atomic mass is 9.94. The maximum atomic E-state index is 13.4. The van der Waals surface area contributed by atoms with Crippen molar-refractivity contribution in [2.75, 3.05) is 27.2 Å². The van der Waals surface area contributed by atoms with Crippen molar-refractivity contribution in [2.24, 2.45) is 5.92 Å².